The fraction of sp³-hybridized carbons (Fsp3) is 0.647. The molecule has 2 N–H and O–H groups in total. The van der Waals surface area contributed by atoms with Crippen LogP contribution in [-0.2, 0) is 11.3 Å². The standard InChI is InChI=1S/C17H25N3O2.ClH/c21-17(15-7-4-9-18-15)20-12-13-8-10-19-16(11-13)22-14-5-2-1-3-6-14;/h8,10-11,14-15,18H,1-7,9,12H2,(H,20,21);1H. The molecule has 6 heteroatoms. The number of hydrogen-bond acceptors (Lipinski definition) is 4. The number of carbonyl (C=O) groups is 1. The zero-order valence-corrected chi connectivity index (χ0v) is 14.2. The highest BCUT2D eigenvalue weighted by molar-refractivity contribution is 5.85. The second kappa shape index (κ2) is 9.08. The Morgan fingerprint density at radius 3 is 2.83 bits per heavy atom. The maximum Gasteiger partial charge on any atom is 0.237 e. The molecule has 1 saturated heterocycles. The maximum atomic E-state index is 12.0. The van der Waals surface area contributed by atoms with Crippen LogP contribution in [0.2, 0.25) is 0 Å². The fourth-order valence-corrected chi connectivity index (χ4v) is 3.20. The minimum atomic E-state index is -0.0280. The van der Waals surface area contributed by atoms with E-state index in [9.17, 15) is 4.79 Å². The number of ether oxygens (including phenoxy) is 1. The summed E-state index contributed by atoms with van der Waals surface area (Å²) in [6.45, 7) is 1.47. The van der Waals surface area contributed by atoms with Crippen LogP contribution in [-0.4, -0.2) is 29.6 Å². The Kier molecular flexibility index (Phi) is 7.12. The minimum absolute atomic E-state index is 0. The molecular weight excluding hydrogens is 314 g/mol. The molecule has 5 nitrogen and oxygen atoms in total. The largest absolute Gasteiger partial charge is 0.474 e. The first-order valence-corrected chi connectivity index (χ1v) is 8.44. The lowest BCUT2D eigenvalue weighted by Gasteiger charge is -2.22. The molecule has 1 unspecified atom stereocenters. The molecule has 1 amide bonds. The molecule has 1 aromatic heterocycles. The third kappa shape index (κ3) is 5.36. The number of pyridine rings is 1. The lowest BCUT2D eigenvalue weighted by molar-refractivity contribution is -0.122. The Labute approximate surface area is 144 Å². The number of carbonyl (C=O) groups excluding carboxylic acids is 1. The molecule has 2 heterocycles. The van der Waals surface area contributed by atoms with Crippen molar-refractivity contribution >= 4 is 18.3 Å². The maximum absolute atomic E-state index is 12.0. The zero-order chi connectivity index (χ0) is 15.2. The van der Waals surface area contributed by atoms with Crippen LogP contribution < -0.4 is 15.4 Å². The summed E-state index contributed by atoms with van der Waals surface area (Å²) in [7, 11) is 0. The molecule has 1 atom stereocenters. The summed E-state index contributed by atoms with van der Waals surface area (Å²) in [6.07, 6.45) is 10.1. The van der Waals surface area contributed by atoms with Gasteiger partial charge >= 0.3 is 0 Å². The lowest BCUT2D eigenvalue weighted by atomic mass is 9.98. The first kappa shape index (κ1) is 18.0. The molecule has 23 heavy (non-hydrogen) atoms. The van der Waals surface area contributed by atoms with Crippen LogP contribution in [0.3, 0.4) is 0 Å². The average Bonchev–Trinajstić information content (AvgIpc) is 3.08. The number of hydrogen-bond donors (Lipinski definition) is 2. The van der Waals surface area contributed by atoms with Gasteiger partial charge in [-0.25, -0.2) is 4.98 Å². The Bertz CT molecular complexity index is 500. The van der Waals surface area contributed by atoms with Crippen LogP contribution >= 0.6 is 12.4 Å². The summed E-state index contributed by atoms with van der Waals surface area (Å²) in [5, 5.41) is 6.20. The van der Waals surface area contributed by atoms with Gasteiger partial charge < -0.3 is 15.4 Å². The SMILES string of the molecule is Cl.O=C(NCc1ccnc(OC2CCCCC2)c1)C1CCCN1. The Morgan fingerprint density at radius 1 is 1.26 bits per heavy atom. The molecule has 1 aliphatic carbocycles. The Balaban J connectivity index is 0.00000192. The normalized spacial score (nSPS) is 21.5. The van der Waals surface area contributed by atoms with E-state index in [4.69, 9.17) is 4.74 Å². The molecule has 128 valence electrons. The number of aromatic nitrogens is 1. The van der Waals surface area contributed by atoms with Crippen LogP contribution in [0.1, 0.15) is 50.5 Å². The van der Waals surface area contributed by atoms with Gasteiger partial charge in [0.15, 0.2) is 0 Å². The smallest absolute Gasteiger partial charge is 0.237 e. The Morgan fingerprint density at radius 2 is 2.09 bits per heavy atom. The van der Waals surface area contributed by atoms with Crippen LogP contribution in [0.25, 0.3) is 0 Å². The van der Waals surface area contributed by atoms with Gasteiger partial charge in [-0.1, -0.05) is 6.42 Å². The highest BCUT2D eigenvalue weighted by Crippen LogP contribution is 2.22. The molecule has 2 aliphatic rings. The van der Waals surface area contributed by atoms with Crippen LogP contribution in [0.15, 0.2) is 18.3 Å². The number of rotatable bonds is 5. The number of nitrogens with zero attached hydrogens (tertiary/aromatic N) is 1. The highest BCUT2D eigenvalue weighted by Gasteiger charge is 2.21. The van der Waals surface area contributed by atoms with Crippen molar-refractivity contribution in [2.24, 2.45) is 0 Å². The molecule has 1 aliphatic heterocycles. The highest BCUT2D eigenvalue weighted by atomic mass is 35.5. The van der Waals surface area contributed by atoms with E-state index in [0.29, 0.717) is 18.5 Å². The van der Waals surface area contributed by atoms with E-state index in [2.05, 4.69) is 15.6 Å². The topological polar surface area (TPSA) is 63.2 Å². The number of nitrogens with one attached hydrogen (secondary N) is 2. The van der Waals surface area contributed by atoms with Gasteiger partial charge in [0.2, 0.25) is 11.8 Å². The fourth-order valence-electron chi connectivity index (χ4n) is 3.20. The van der Waals surface area contributed by atoms with E-state index >= 15 is 0 Å². The summed E-state index contributed by atoms with van der Waals surface area (Å²) in [6, 6.07) is 3.84. The lowest BCUT2D eigenvalue weighted by Crippen LogP contribution is -2.40. The quantitative estimate of drug-likeness (QED) is 0.865. The predicted octanol–water partition coefficient (Wildman–Crippen LogP) is 2.58. The van der Waals surface area contributed by atoms with Crippen LogP contribution in [0.4, 0.5) is 0 Å². The summed E-state index contributed by atoms with van der Waals surface area (Å²) in [5.41, 5.74) is 1.03. The van der Waals surface area contributed by atoms with E-state index < -0.39 is 0 Å². The third-order valence-electron chi connectivity index (χ3n) is 4.48. The van der Waals surface area contributed by atoms with Crippen molar-refractivity contribution in [3.8, 4) is 5.88 Å². The van der Waals surface area contributed by atoms with Gasteiger partial charge in [-0.2, -0.15) is 0 Å². The van der Waals surface area contributed by atoms with E-state index in [1.54, 1.807) is 6.20 Å². The number of amides is 1. The van der Waals surface area contributed by atoms with Gasteiger partial charge in [0.05, 0.1) is 6.04 Å². The van der Waals surface area contributed by atoms with Gasteiger partial charge in [0, 0.05) is 18.8 Å². The monoisotopic (exact) mass is 339 g/mol. The third-order valence-corrected chi connectivity index (χ3v) is 4.48. The second-order valence-corrected chi connectivity index (χ2v) is 6.25. The number of halogens is 1. The van der Waals surface area contributed by atoms with Crippen molar-refractivity contribution in [1.29, 1.82) is 0 Å². The molecule has 2 fully saturated rings. The van der Waals surface area contributed by atoms with Crippen LogP contribution in [0.5, 0.6) is 5.88 Å². The molecule has 0 spiro atoms. The minimum Gasteiger partial charge on any atom is -0.474 e. The molecule has 0 bridgehead atoms. The average molecular weight is 340 g/mol. The molecule has 3 rings (SSSR count). The van der Waals surface area contributed by atoms with Gasteiger partial charge in [0.1, 0.15) is 6.10 Å². The summed E-state index contributed by atoms with van der Waals surface area (Å²) < 4.78 is 5.97. The first-order chi connectivity index (χ1) is 10.8. The van der Waals surface area contributed by atoms with E-state index in [-0.39, 0.29) is 24.4 Å². The molecule has 0 radical (unpaired) electrons. The van der Waals surface area contributed by atoms with Gasteiger partial charge in [0.25, 0.3) is 0 Å². The van der Waals surface area contributed by atoms with Gasteiger partial charge in [-0.3, -0.25) is 4.79 Å². The van der Waals surface area contributed by atoms with E-state index in [1.807, 2.05) is 12.1 Å². The second-order valence-electron chi connectivity index (χ2n) is 6.25. The van der Waals surface area contributed by atoms with Crippen LogP contribution in [0, 0.1) is 0 Å². The predicted molar refractivity (Wildman–Crippen MR) is 91.9 cm³/mol. The molecule has 0 aromatic carbocycles. The van der Waals surface area contributed by atoms with Crippen molar-refractivity contribution in [2.75, 3.05) is 6.54 Å². The summed E-state index contributed by atoms with van der Waals surface area (Å²) in [5.74, 6) is 0.765. The van der Waals surface area contributed by atoms with E-state index in [0.717, 1.165) is 37.8 Å². The Hall–Kier alpha value is -1.33. The van der Waals surface area contributed by atoms with E-state index in [1.165, 1.54) is 19.3 Å². The molecule has 1 aromatic rings. The molecular formula is C17H26ClN3O2. The molecule has 1 saturated carbocycles. The van der Waals surface area contributed by atoms with Crippen molar-refractivity contribution in [1.82, 2.24) is 15.6 Å². The first-order valence-electron chi connectivity index (χ1n) is 8.44. The van der Waals surface area contributed by atoms with Crippen molar-refractivity contribution in [2.45, 2.75) is 63.6 Å². The van der Waals surface area contributed by atoms with Crippen molar-refractivity contribution in [3.05, 3.63) is 23.9 Å². The zero-order valence-electron chi connectivity index (χ0n) is 13.4. The van der Waals surface area contributed by atoms with Crippen molar-refractivity contribution in [3.63, 3.8) is 0 Å². The summed E-state index contributed by atoms with van der Waals surface area (Å²) >= 11 is 0. The van der Waals surface area contributed by atoms with Gasteiger partial charge in [-0.15, -0.1) is 12.4 Å². The van der Waals surface area contributed by atoms with Gasteiger partial charge in [-0.05, 0) is 56.7 Å². The summed E-state index contributed by atoms with van der Waals surface area (Å²) in [4.78, 5) is 16.3. The van der Waals surface area contributed by atoms with Crippen molar-refractivity contribution < 1.29 is 9.53 Å².